The molecule has 1 aromatic carbocycles. The van der Waals surface area contributed by atoms with Crippen LogP contribution in [0.2, 0.25) is 0 Å². The molecule has 2 atom stereocenters. The molecule has 0 aromatic heterocycles. The van der Waals surface area contributed by atoms with E-state index in [9.17, 15) is 5.11 Å². The molecule has 2 unspecified atom stereocenters. The summed E-state index contributed by atoms with van der Waals surface area (Å²) in [6.45, 7) is 3.56. The number of nitrogens with zero attached hydrogens (tertiary/aromatic N) is 1. The molecule has 2 heteroatoms. The first kappa shape index (κ1) is 13.9. The second-order valence-corrected chi connectivity index (χ2v) is 6.40. The fraction of sp³-hybridized carbons (Fsp3) is 0.667. The van der Waals surface area contributed by atoms with Crippen LogP contribution in [0.3, 0.4) is 0 Å². The molecule has 1 N–H and O–H groups in total. The first-order valence-corrected chi connectivity index (χ1v) is 8.37. The summed E-state index contributed by atoms with van der Waals surface area (Å²) in [5.74, 6) is 0.509. The Hall–Kier alpha value is -1.02. The molecule has 1 heterocycles. The van der Waals surface area contributed by atoms with Crippen molar-refractivity contribution in [2.24, 2.45) is 0 Å². The molecule has 0 radical (unpaired) electrons. The molecule has 1 saturated heterocycles. The van der Waals surface area contributed by atoms with Crippen molar-refractivity contribution in [1.82, 2.24) is 4.90 Å². The van der Waals surface area contributed by atoms with Gasteiger partial charge in [-0.3, -0.25) is 4.90 Å². The molecule has 0 saturated carbocycles. The normalized spacial score (nSPS) is 27.9. The van der Waals surface area contributed by atoms with E-state index in [1.807, 2.05) is 12.1 Å². The Morgan fingerprint density at radius 3 is 2.90 bits per heavy atom. The fourth-order valence-corrected chi connectivity index (χ4v) is 4.20. The summed E-state index contributed by atoms with van der Waals surface area (Å²) < 4.78 is 0. The van der Waals surface area contributed by atoms with E-state index in [2.05, 4.69) is 17.9 Å². The summed E-state index contributed by atoms with van der Waals surface area (Å²) >= 11 is 0. The predicted molar refractivity (Wildman–Crippen MR) is 83.0 cm³/mol. The van der Waals surface area contributed by atoms with Gasteiger partial charge in [0.25, 0.3) is 0 Å². The number of hydrogen-bond donors (Lipinski definition) is 1. The fourth-order valence-electron chi connectivity index (χ4n) is 4.20. The van der Waals surface area contributed by atoms with Crippen molar-refractivity contribution < 1.29 is 5.11 Å². The second-order valence-electron chi connectivity index (χ2n) is 6.40. The predicted octanol–water partition coefficient (Wildman–Crippen LogP) is 4.42. The lowest BCUT2D eigenvalue weighted by molar-refractivity contribution is 0.118. The van der Waals surface area contributed by atoms with E-state index < -0.39 is 0 Å². The first-order valence-electron chi connectivity index (χ1n) is 8.37. The van der Waals surface area contributed by atoms with Gasteiger partial charge in [0.1, 0.15) is 5.75 Å². The zero-order valence-corrected chi connectivity index (χ0v) is 12.6. The van der Waals surface area contributed by atoms with E-state index in [4.69, 9.17) is 0 Å². The topological polar surface area (TPSA) is 23.5 Å². The molecule has 0 spiro atoms. The Bertz CT molecular complexity index is 457. The average molecular weight is 273 g/mol. The molecular weight excluding hydrogens is 246 g/mol. The number of rotatable bonds is 2. The zero-order valence-electron chi connectivity index (χ0n) is 12.6. The number of phenols is 1. The van der Waals surface area contributed by atoms with Gasteiger partial charge in [-0.15, -0.1) is 0 Å². The quantitative estimate of drug-likeness (QED) is 0.862. The molecule has 2 aliphatic rings. The summed E-state index contributed by atoms with van der Waals surface area (Å²) in [7, 11) is 0. The van der Waals surface area contributed by atoms with Crippen molar-refractivity contribution in [2.45, 2.75) is 70.4 Å². The van der Waals surface area contributed by atoms with Gasteiger partial charge in [0.2, 0.25) is 0 Å². The Kier molecular flexibility index (Phi) is 4.30. The van der Waals surface area contributed by atoms with Crippen molar-refractivity contribution in [3.8, 4) is 5.75 Å². The average Bonchev–Trinajstić information content (AvgIpc) is 2.72. The van der Waals surface area contributed by atoms with Gasteiger partial charge in [0, 0.05) is 12.1 Å². The van der Waals surface area contributed by atoms with Gasteiger partial charge in [0.05, 0.1) is 0 Å². The highest BCUT2D eigenvalue weighted by atomic mass is 16.3. The number of aromatic hydroxyl groups is 1. The maximum Gasteiger partial charge on any atom is 0.119 e. The molecule has 1 aliphatic carbocycles. The van der Waals surface area contributed by atoms with Crippen LogP contribution < -0.4 is 0 Å². The van der Waals surface area contributed by atoms with Crippen molar-refractivity contribution in [3.63, 3.8) is 0 Å². The molecule has 0 bridgehead atoms. The monoisotopic (exact) mass is 273 g/mol. The molecule has 110 valence electrons. The van der Waals surface area contributed by atoms with E-state index in [1.54, 1.807) is 0 Å². The van der Waals surface area contributed by atoms with Crippen molar-refractivity contribution in [2.75, 3.05) is 6.54 Å². The van der Waals surface area contributed by atoms with Gasteiger partial charge < -0.3 is 5.11 Å². The van der Waals surface area contributed by atoms with Crippen LogP contribution in [0, 0.1) is 0 Å². The Morgan fingerprint density at radius 1 is 1.15 bits per heavy atom. The van der Waals surface area contributed by atoms with E-state index in [0.717, 1.165) is 12.5 Å². The Labute approximate surface area is 122 Å². The van der Waals surface area contributed by atoms with Gasteiger partial charge in [-0.25, -0.2) is 0 Å². The van der Waals surface area contributed by atoms with E-state index >= 15 is 0 Å². The largest absolute Gasteiger partial charge is 0.508 e. The molecule has 0 amide bonds. The second kappa shape index (κ2) is 6.17. The Morgan fingerprint density at radius 2 is 2.05 bits per heavy atom. The number of likely N-dealkylation sites (tertiary alicyclic amines) is 1. The molecule has 1 fully saturated rings. The van der Waals surface area contributed by atoms with E-state index in [-0.39, 0.29) is 0 Å². The summed E-state index contributed by atoms with van der Waals surface area (Å²) in [6, 6.07) is 7.38. The molecule has 20 heavy (non-hydrogen) atoms. The molecule has 3 rings (SSSR count). The lowest BCUT2D eigenvalue weighted by Gasteiger charge is -2.40. The van der Waals surface area contributed by atoms with Gasteiger partial charge in [-0.05, 0) is 62.3 Å². The SMILES string of the molecule is CCC1CCCCCN1C1CCCc2c(O)cccc21. The third-order valence-electron chi connectivity index (χ3n) is 5.25. The number of benzene rings is 1. The van der Waals surface area contributed by atoms with Crippen molar-refractivity contribution in [3.05, 3.63) is 29.3 Å². The highest BCUT2D eigenvalue weighted by molar-refractivity contribution is 5.42. The van der Waals surface area contributed by atoms with Gasteiger partial charge in [-0.2, -0.15) is 0 Å². The minimum atomic E-state index is 0.509. The van der Waals surface area contributed by atoms with E-state index in [0.29, 0.717) is 11.8 Å². The van der Waals surface area contributed by atoms with Crippen LogP contribution in [0.25, 0.3) is 0 Å². The third-order valence-corrected chi connectivity index (χ3v) is 5.25. The molecular formula is C18H27NO. The highest BCUT2D eigenvalue weighted by Crippen LogP contribution is 2.40. The minimum Gasteiger partial charge on any atom is -0.508 e. The molecule has 1 aromatic rings. The van der Waals surface area contributed by atoms with Crippen LogP contribution in [-0.2, 0) is 6.42 Å². The number of phenolic OH excluding ortho intramolecular Hbond substituents is 1. The smallest absolute Gasteiger partial charge is 0.119 e. The third kappa shape index (κ3) is 2.58. The summed E-state index contributed by atoms with van der Waals surface area (Å²) in [6.07, 6.45) is 10.2. The van der Waals surface area contributed by atoms with Crippen LogP contribution in [0.4, 0.5) is 0 Å². The van der Waals surface area contributed by atoms with Crippen molar-refractivity contribution in [1.29, 1.82) is 0 Å². The van der Waals surface area contributed by atoms with Crippen LogP contribution in [-0.4, -0.2) is 22.6 Å². The standard InChI is InChI=1S/C18H27NO/c1-2-14-8-4-3-5-13-19(14)17-11-6-10-16-15(17)9-7-12-18(16)20/h7,9,12,14,17,20H,2-6,8,10-11,13H2,1H3. The maximum atomic E-state index is 10.1. The first-order chi connectivity index (χ1) is 9.81. The maximum absolute atomic E-state index is 10.1. The lowest BCUT2D eigenvalue weighted by atomic mass is 9.85. The van der Waals surface area contributed by atoms with E-state index in [1.165, 1.54) is 62.6 Å². The lowest BCUT2D eigenvalue weighted by Crippen LogP contribution is -2.39. The van der Waals surface area contributed by atoms with Gasteiger partial charge >= 0.3 is 0 Å². The van der Waals surface area contributed by atoms with Gasteiger partial charge in [-0.1, -0.05) is 31.9 Å². The Balaban J connectivity index is 1.92. The molecule has 1 aliphatic heterocycles. The minimum absolute atomic E-state index is 0.509. The van der Waals surface area contributed by atoms with Crippen LogP contribution in [0.5, 0.6) is 5.75 Å². The number of fused-ring (bicyclic) bond motifs is 1. The van der Waals surface area contributed by atoms with Crippen LogP contribution >= 0.6 is 0 Å². The zero-order chi connectivity index (χ0) is 13.9. The van der Waals surface area contributed by atoms with Gasteiger partial charge in [0.15, 0.2) is 0 Å². The molecule has 2 nitrogen and oxygen atoms in total. The summed E-state index contributed by atoms with van der Waals surface area (Å²) in [5.41, 5.74) is 2.61. The van der Waals surface area contributed by atoms with Crippen molar-refractivity contribution >= 4 is 0 Å². The summed E-state index contributed by atoms with van der Waals surface area (Å²) in [4.78, 5) is 2.75. The summed E-state index contributed by atoms with van der Waals surface area (Å²) in [5, 5.41) is 10.1. The van der Waals surface area contributed by atoms with Crippen LogP contribution in [0.1, 0.15) is 69.0 Å². The van der Waals surface area contributed by atoms with Crippen LogP contribution in [0.15, 0.2) is 18.2 Å². The highest BCUT2D eigenvalue weighted by Gasteiger charge is 2.31. The number of hydrogen-bond acceptors (Lipinski definition) is 2.